The van der Waals surface area contributed by atoms with Gasteiger partial charge in [0.15, 0.2) is 0 Å². The van der Waals surface area contributed by atoms with Gasteiger partial charge in [-0.05, 0) is 42.7 Å². The summed E-state index contributed by atoms with van der Waals surface area (Å²) in [4.78, 5) is 13.2. The van der Waals surface area contributed by atoms with E-state index in [1.54, 1.807) is 19.8 Å². The smallest absolute Gasteiger partial charge is 0.275 e. The van der Waals surface area contributed by atoms with E-state index in [1.165, 1.54) is 0 Å². The van der Waals surface area contributed by atoms with Gasteiger partial charge in [-0.3, -0.25) is 13.6 Å². The van der Waals surface area contributed by atoms with Gasteiger partial charge in [0.05, 0.1) is 23.0 Å². The average Bonchev–Trinajstić information content (AvgIpc) is 3.26. The van der Waals surface area contributed by atoms with Gasteiger partial charge in [-0.1, -0.05) is 31.0 Å². The monoisotopic (exact) mass is 342 g/mol. The molecule has 0 aliphatic carbocycles. The quantitative estimate of drug-likeness (QED) is 0.526. The number of aryl methyl sites for hydroxylation is 2. The Labute approximate surface area is 151 Å². The van der Waals surface area contributed by atoms with Gasteiger partial charge in [-0.2, -0.15) is 5.10 Å². The summed E-state index contributed by atoms with van der Waals surface area (Å²) in [6, 6.07) is 15.6. The molecule has 5 heteroatoms. The van der Waals surface area contributed by atoms with Gasteiger partial charge in [0.25, 0.3) is 0 Å². The Kier molecular flexibility index (Phi) is 3.94. The number of para-hydroxylation sites is 1. The van der Waals surface area contributed by atoms with E-state index in [0.29, 0.717) is 5.69 Å². The molecule has 3 aromatic heterocycles. The Hall–Kier alpha value is -3.52. The predicted octanol–water partition coefficient (Wildman–Crippen LogP) is 2.79. The van der Waals surface area contributed by atoms with Crippen LogP contribution in [-0.4, -0.2) is 18.7 Å². The molecule has 0 aliphatic rings. The topological polar surface area (TPSA) is 44.2 Å². The van der Waals surface area contributed by atoms with E-state index in [1.807, 2.05) is 61.8 Å². The van der Waals surface area contributed by atoms with Crippen molar-refractivity contribution in [2.45, 2.75) is 13.3 Å². The minimum absolute atomic E-state index is 0.106. The van der Waals surface area contributed by atoms with E-state index in [2.05, 4.69) is 23.9 Å². The molecule has 4 rings (SSSR count). The minimum Gasteiger partial charge on any atom is -0.275 e. The lowest BCUT2D eigenvalue weighted by Gasteiger charge is -2.13. The van der Waals surface area contributed by atoms with E-state index in [0.717, 1.165) is 28.9 Å². The Bertz CT molecular complexity index is 1200. The Morgan fingerprint density at radius 1 is 1.08 bits per heavy atom. The highest BCUT2D eigenvalue weighted by Gasteiger charge is 2.12. The number of benzene rings is 1. The Balaban J connectivity index is 1.93. The normalized spacial score (nSPS) is 10.7. The molecule has 0 N–H and O–H groups in total. The Morgan fingerprint density at radius 3 is 2.58 bits per heavy atom. The zero-order chi connectivity index (χ0) is 18.1. The van der Waals surface area contributed by atoms with Crippen LogP contribution < -0.4 is 5.69 Å². The SMILES string of the molecule is CCc1cc2ccc(C#Cc3cnn(C)c3)n2c(=O)n1-c1ccccc1. The maximum Gasteiger partial charge on any atom is 0.338 e. The highest BCUT2D eigenvalue weighted by atomic mass is 16.1. The largest absolute Gasteiger partial charge is 0.338 e. The van der Waals surface area contributed by atoms with Crippen LogP contribution in [0.1, 0.15) is 23.9 Å². The van der Waals surface area contributed by atoms with Crippen LogP contribution in [0.25, 0.3) is 11.2 Å². The number of hydrogen-bond acceptors (Lipinski definition) is 2. The van der Waals surface area contributed by atoms with Crippen molar-refractivity contribution in [2.75, 3.05) is 0 Å². The van der Waals surface area contributed by atoms with Gasteiger partial charge < -0.3 is 0 Å². The minimum atomic E-state index is -0.106. The summed E-state index contributed by atoms with van der Waals surface area (Å²) in [5.74, 6) is 6.17. The van der Waals surface area contributed by atoms with Crippen molar-refractivity contribution in [3.8, 4) is 17.5 Å². The maximum absolute atomic E-state index is 13.2. The van der Waals surface area contributed by atoms with Gasteiger partial charge >= 0.3 is 5.69 Å². The maximum atomic E-state index is 13.2. The van der Waals surface area contributed by atoms with Crippen molar-refractivity contribution in [3.05, 3.63) is 88.4 Å². The molecule has 3 heterocycles. The summed E-state index contributed by atoms with van der Waals surface area (Å²) in [5.41, 5.74) is 4.06. The molecular formula is C21H18N4O. The molecule has 1 aromatic carbocycles. The Morgan fingerprint density at radius 2 is 1.88 bits per heavy atom. The van der Waals surface area contributed by atoms with Crippen LogP contribution in [0.3, 0.4) is 0 Å². The molecule has 0 saturated heterocycles. The lowest BCUT2D eigenvalue weighted by Crippen LogP contribution is -2.28. The van der Waals surface area contributed by atoms with Gasteiger partial charge in [0.1, 0.15) is 5.69 Å². The third-order valence-electron chi connectivity index (χ3n) is 4.31. The summed E-state index contributed by atoms with van der Waals surface area (Å²) >= 11 is 0. The standard InChI is InChI=1S/C21H18N4O/c1-3-17-13-20-12-11-19(10-9-16-14-22-23(2)15-16)25(20)21(26)24(17)18-7-5-4-6-8-18/h4-8,11-15H,3H2,1-2H3. The van der Waals surface area contributed by atoms with Gasteiger partial charge in [0.2, 0.25) is 0 Å². The number of fused-ring (bicyclic) bond motifs is 1. The van der Waals surface area contributed by atoms with E-state index >= 15 is 0 Å². The van der Waals surface area contributed by atoms with Crippen molar-refractivity contribution in [3.63, 3.8) is 0 Å². The molecule has 0 aliphatic heterocycles. The van der Waals surface area contributed by atoms with E-state index < -0.39 is 0 Å². The molecule has 0 fully saturated rings. The summed E-state index contributed by atoms with van der Waals surface area (Å²) in [7, 11) is 1.85. The summed E-state index contributed by atoms with van der Waals surface area (Å²) in [5, 5.41) is 4.11. The first kappa shape index (κ1) is 16.0. The fourth-order valence-corrected chi connectivity index (χ4v) is 3.07. The lowest BCUT2D eigenvalue weighted by atomic mass is 10.2. The third kappa shape index (κ3) is 2.72. The molecule has 0 unspecified atom stereocenters. The van der Waals surface area contributed by atoms with E-state index in [9.17, 15) is 4.79 Å². The van der Waals surface area contributed by atoms with E-state index in [4.69, 9.17) is 0 Å². The molecule has 128 valence electrons. The summed E-state index contributed by atoms with van der Waals surface area (Å²) in [6.45, 7) is 2.05. The highest BCUT2D eigenvalue weighted by molar-refractivity contribution is 5.55. The molecule has 0 amide bonds. The second-order valence-corrected chi connectivity index (χ2v) is 6.07. The molecule has 0 radical (unpaired) electrons. The molecule has 26 heavy (non-hydrogen) atoms. The first-order chi connectivity index (χ1) is 12.7. The molecule has 4 aromatic rings. The van der Waals surface area contributed by atoms with Crippen molar-refractivity contribution in [1.29, 1.82) is 0 Å². The molecular weight excluding hydrogens is 324 g/mol. The average molecular weight is 342 g/mol. The fourth-order valence-electron chi connectivity index (χ4n) is 3.07. The molecule has 5 nitrogen and oxygen atoms in total. The molecule has 0 bridgehead atoms. The number of nitrogens with zero attached hydrogens (tertiary/aromatic N) is 4. The van der Waals surface area contributed by atoms with Crippen LogP contribution >= 0.6 is 0 Å². The number of hydrogen-bond donors (Lipinski definition) is 0. The van der Waals surface area contributed by atoms with Crippen LogP contribution in [0.15, 0.2) is 65.7 Å². The molecule has 0 atom stereocenters. The van der Waals surface area contributed by atoms with Crippen LogP contribution in [0, 0.1) is 11.8 Å². The molecule has 0 spiro atoms. The zero-order valence-corrected chi connectivity index (χ0v) is 14.7. The van der Waals surface area contributed by atoms with Gasteiger partial charge in [0, 0.05) is 18.9 Å². The highest BCUT2D eigenvalue weighted by Crippen LogP contribution is 2.14. The first-order valence-electron chi connectivity index (χ1n) is 8.50. The van der Waals surface area contributed by atoms with Crippen molar-refractivity contribution in [1.82, 2.24) is 18.7 Å². The second-order valence-electron chi connectivity index (χ2n) is 6.07. The van der Waals surface area contributed by atoms with E-state index in [-0.39, 0.29) is 5.69 Å². The first-order valence-corrected chi connectivity index (χ1v) is 8.50. The molecule has 0 saturated carbocycles. The third-order valence-corrected chi connectivity index (χ3v) is 4.31. The summed E-state index contributed by atoms with van der Waals surface area (Å²) < 4.78 is 5.12. The summed E-state index contributed by atoms with van der Waals surface area (Å²) in [6.07, 6.45) is 4.32. The van der Waals surface area contributed by atoms with Crippen LogP contribution in [0.5, 0.6) is 0 Å². The van der Waals surface area contributed by atoms with Crippen LogP contribution in [-0.2, 0) is 13.5 Å². The van der Waals surface area contributed by atoms with Crippen molar-refractivity contribution in [2.24, 2.45) is 7.05 Å². The number of aromatic nitrogens is 4. The number of rotatable bonds is 2. The van der Waals surface area contributed by atoms with Crippen LogP contribution in [0.2, 0.25) is 0 Å². The predicted molar refractivity (Wildman–Crippen MR) is 102 cm³/mol. The second kappa shape index (κ2) is 6.41. The fraction of sp³-hybridized carbons (Fsp3) is 0.143. The van der Waals surface area contributed by atoms with Crippen LogP contribution in [0.4, 0.5) is 0 Å². The van der Waals surface area contributed by atoms with Gasteiger partial charge in [-0.25, -0.2) is 4.79 Å². The lowest BCUT2D eigenvalue weighted by molar-refractivity contribution is 0.767. The van der Waals surface area contributed by atoms with Crippen molar-refractivity contribution >= 4 is 5.52 Å². The van der Waals surface area contributed by atoms with Crippen molar-refractivity contribution < 1.29 is 0 Å². The zero-order valence-electron chi connectivity index (χ0n) is 14.7. The van der Waals surface area contributed by atoms with Gasteiger partial charge in [-0.15, -0.1) is 0 Å².